The molecule has 1 aromatic heterocycles. The summed E-state index contributed by atoms with van der Waals surface area (Å²) in [6, 6.07) is 9.97. The second kappa shape index (κ2) is 9.97. The molecule has 0 aliphatic rings. The van der Waals surface area contributed by atoms with E-state index in [0.29, 0.717) is 6.61 Å². The SMILES string of the molecule is C=CCOc1ccc(CNCCCSc2ncccn2)cc1. The van der Waals surface area contributed by atoms with Crippen LogP contribution in [-0.2, 0) is 6.54 Å². The Bertz CT molecular complexity index is 546. The molecule has 2 aromatic rings. The molecule has 0 aliphatic carbocycles. The minimum absolute atomic E-state index is 0.542. The lowest BCUT2D eigenvalue weighted by Gasteiger charge is -2.07. The standard InChI is InChI=1S/C17H21N3OS/c1-2-12-21-16-7-5-15(6-8-16)14-18-9-4-13-22-17-19-10-3-11-20-17/h2-3,5-8,10-11,18H,1,4,9,12-14H2. The van der Waals surface area contributed by atoms with Gasteiger partial charge in [0.15, 0.2) is 5.16 Å². The number of nitrogens with zero attached hydrogens (tertiary/aromatic N) is 2. The molecule has 0 saturated heterocycles. The van der Waals surface area contributed by atoms with Crippen LogP contribution in [0.5, 0.6) is 5.75 Å². The van der Waals surface area contributed by atoms with E-state index < -0.39 is 0 Å². The monoisotopic (exact) mass is 315 g/mol. The first-order valence-electron chi connectivity index (χ1n) is 7.31. The lowest BCUT2D eigenvalue weighted by Crippen LogP contribution is -2.15. The third-order valence-corrected chi connectivity index (χ3v) is 3.85. The molecule has 22 heavy (non-hydrogen) atoms. The molecular weight excluding hydrogens is 294 g/mol. The van der Waals surface area contributed by atoms with Gasteiger partial charge in [-0.15, -0.1) is 0 Å². The Balaban J connectivity index is 1.57. The van der Waals surface area contributed by atoms with Crippen molar-refractivity contribution in [3.8, 4) is 5.75 Å². The predicted molar refractivity (Wildman–Crippen MR) is 91.2 cm³/mol. The quantitative estimate of drug-likeness (QED) is 0.315. The lowest BCUT2D eigenvalue weighted by molar-refractivity contribution is 0.363. The molecule has 116 valence electrons. The van der Waals surface area contributed by atoms with E-state index in [1.54, 1.807) is 30.2 Å². The third kappa shape index (κ3) is 6.28. The van der Waals surface area contributed by atoms with Gasteiger partial charge in [0.05, 0.1) is 0 Å². The van der Waals surface area contributed by atoms with Gasteiger partial charge < -0.3 is 10.1 Å². The van der Waals surface area contributed by atoms with Gasteiger partial charge >= 0.3 is 0 Å². The summed E-state index contributed by atoms with van der Waals surface area (Å²) in [6.45, 7) is 6.03. The van der Waals surface area contributed by atoms with Crippen molar-refractivity contribution in [3.05, 3.63) is 60.9 Å². The number of ether oxygens (including phenoxy) is 1. The van der Waals surface area contributed by atoms with Gasteiger partial charge in [0.25, 0.3) is 0 Å². The van der Waals surface area contributed by atoms with Gasteiger partial charge in [0.1, 0.15) is 12.4 Å². The summed E-state index contributed by atoms with van der Waals surface area (Å²) in [4.78, 5) is 8.37. The van der Waals surface area contributed by atoms with Crippen molar-refractivity contribution in [1.82, 2.24) is 15.3 Å². The third-order valence-electron chi connectivity index (χ3n) is 2.89. The van der Waals surface area contributed by atoms with Gasteiger partial charge in [-0.1, -0.05) is 36.5 Å². The Morgan fingerprint density at radius 1 is 1.18 bits per heavy atom. The molecule has 1 aromatic carbocycles. The zero-order chi connectivity index (χ0) is 15.5. The minimum atomic E-state index is 0.542. The van der Waals surface area contributed by atoms with E-state index in [2.05, 4.69) is 34.0 Å². The first-order valence-corrected chi connectivity index (χ1v) is 8.30. The molecule has 1 heterocycles. The van der Waals surface area contributed by atoms with Crippen LogP contribution in [0.25, 0.3) is 0 Å². The van der Waals surface area contributed by atoms with Crippen LogP contribution in [0.3, 0.4) is 0 Å². The van der Waals surface area contributed by atoms with E-state index in [-0.39, 0.29) is 0 Å². The molecule has 2 rings (SSSR count). The maximum atomic E-state index is 5.46. The summed E-state index contributed by atoms with van der Waals surface area (Å²) in [5.41, 5.74) is 1.25. The largest absolute Gasteiger partial charge is 0.490 e. The van der Waals surface area contributed by atoms with Crippen LogP contribution in [0.15, 0.2) is 60.5 Å². The molecule has 0 bridgehead atoms. The topological polar surface area (TPSA) is 47.0 Å². The molecule has 0 fully saturated rings. The van der Waals surface area contributed by atoms with Crippen molar-refractivity contribution in [2.45, 2.75) is 18.1 Å². The average Bonchev–Trinajstić information content (AvgIpc) is 2.58. The molecular formula is C17H21N3OS. The lowest BCUT2D eigenvalue weighted by atomic mass is 10.2. The van der Waals surface area contributed by atoms with Crippen molar-refractivity contribution in [2.24, 2.45) is 0 Å². The smallest absolute Gasteiger partial charge is 0.187 e. The predicted octanol–water partition coefficient (Wildman–Crippen LogP) is 3.31. The van der Waals surface area contributed by atoms with Gasteiger partial charge in [0.2, 0.25) is 0 Å². The van der Waals surface area contributed by atoms with E-state index in [1.165, 1.54) is 5.56 Å². The maximum absolute atomic E-state index is 5.46. The Hall–Kier alpha value is -1.85. The van der Waals surface area contributed by atoms with E-state index in [1.807, 2.05) is 18.2 Å². The Morgan fingerprint density at radius 2 is 1.95 bits per heavy atom. The molecule has 0 amide bonds. The number of aromatic nitrogens is 2. The van der Waals surface area contributed by atoms with Crippen molar-refractivity contribution in [3.63, 3.8) is 0 Å². The summed E-state index contributed by atoms with van der Waals surface area (Å²) in [5.74, 6) is 1.90. The Kier molecular flexibility index (Phi) is 7.49. The molecule has 1 N–H and O–H groups in total. The second-order valence-corrected chi connectivity index (χ2v) is 5.72. The van der Waals surface area contributed by atoms with E-state index in [0.717, 1.165) is 36.2 Å². The van der Waals surface area contributed by atoms with Crippen LogP contribution in [0, 0.1) is 0 Å². The van der Waals surface area contributed by atoms with Crippen LogP contribution in [0.1, 0.15) is 12.0 Å². The molecule has 0 radical (unpaired) electrons. The first-order chi connectivity index (χ1) is 10.9. The highest BCUT2D eigenvalue weighted by molar-refractivity contribution is 7.99. The summed E-state index contributed by atoms with van der Waals surface area (Å²) >= 11 is 1.69. The maximum Gasteiger partial charge on any atom is 0.187 e. The van der Waals surface area contributed by atoms with Crippen molar-refractivity contribution in [1.29, 1.82) is 0 Å². The highest BCUT2D eigenvalue weighted by Crippen LogP contribution is 2.13. The molecule has 4 nitrogen and oxygen atoms in total. The molecule has 0 unspecified atom stereocenters. The second-order valence-electron chi connectivity index (χ2n) is 4.65. The first kappa shape index (κ1) is 16.5. The van der Waals surface area contributed by atoms with Crippen molar-refractivity contribution < 1.29 is 4.74 Å². The minimum Gasteiger partial charge on any atom is -0.490 e. The van der Waals surface area contributed by atoms with Gasteiger partial charge in [0, 0.05) is 24.7 Å². The number of hydrogen-bond acceptors (Lipinski definition) is 5. The van der Waals surface area contributed by atoms with Gasteiger partial charge in [-0.2, -0.15) is 0 Å². The fourth-order valence-corrected chi connectivity index (χ4v) is 2.55. The summed E-state index contributed by atoms with van der Waals surface area (Å²) in [7, 11) is 0. The normalized spacial score (nSPS) is 10.4. The summed E-state index contributed by atoms with van der Waals surface area (Å²) < 4.78 is 5.46. The number of hydrogen-bond donors (Lipinski definition) is 1. The molecule has 0 spiro atoms. The van der Waals surface area contributed by atoms with Crippen molar-refractivity contribution >= 4 is 11.8 Å². The van der Waals surface area contributed by atoms with Gasteiger partial charge in [-0.25, -0.2) is 9.97 Å². The van der Waals surface area contributed by atoms with E-state index in [4.69, 9.17) is 4.74 Å². The zero-order valence-corrected chi connectivity index (χ0v) is 13.4. The Morgan fingerprint density at radius 3 is 2.68 bits per heavy atom. The van der Waals surface area contributed by atoms with Crippen LogP contribution in [0.4, 0.5) is 0 Å². The van der Waals surface area contributed by atoms with Gasteiger partial charge in [-0.05, 0) is 36.7 Å². The number of thioether (sulfide) groups is 1. The number of benzene rings is 1. The summed E-state index contributed by atoms with van der Waals surface area (Å²) in [6.07, 6.45) is 6.38. The van der Waals surface area contributed by atoms with Gasteiger partial charge in [-0.3, -0.25) is 0 Å². The van der Waals surface area contributed by atoms with E-state index in [9.17, 15) is 0 Å². The summed E-state index contributed by atoms with van der Waals surface area (Å²) in [5, 5.41) is 4.28. The van der Waals surface area contributed by atoms with Crippen LogP contribution >= 0.6 is 11.8 Å². The molecule has 5 heteroatoms. The van der Waals surface area contributed by atoms with Crippen LogP contribution in [0.2, 0.25) is 0 Å². The highest BCUT2D eigenvalue weighted by atomic mass is 32.2. The molecule has 0 aliphatic heterocycles. The fraction of sp³-hybridized carbons (Fsp3) is 0.294. The highest BCUT2D eigenvalue weighted by Gasteiger charge is 1.97. The Labute approximate surface area is 136 Å². The fourth-order valence-electron chi connectivity index (χ4n) is 1.81. The average molecular weight is 315 g/mol. The number of nitrogens with one attached hydrogen (secondary N) is 1. The van der Waals surface area contributed by atoms with Crippen LogP contribution in [-0.4, -0.2) is 28.9 Å². The van der Waals surface area contributed by atoms with E-state index >= 15 is 0 Å². The zero-order valence-electron chi connectivity index (χ0n) is 12.6. The number of rotatable bonds is 10. The van der Waals surface area contributed by atoms with Crippen LogP contribution < -0.4 is 10.1 Å². The van der Waals surface area contributed by atoms with Crippen molar-refractivity contribution in [2.75, 3.05) is 18.9 Å². The molecule has 0 saturated carbocycles. The molecule has 0 atom stereocenters.